The predicted molar refractivity (Wildman–Crippen MR) is 74.5 cm³/mol. The molecule has 0 amide bonds. The van der Waals surface area contributed by atoms with Crippen LogP contribution in [0.1, 0.15) is 19.2 Å². The highest BCUT2D eigenvalue weighted by atomic mass is 16.5. The molecule has 1 N–H and O–H groups in total. The zero-order valence-electron chi connectivity index (χ0n) is 11.8. The zero-order chi connectivity index (χ0) is 13.7. The topological polar surface area (TPSA) is 59.5 Å². The number of hydrogen-bond donors (Lipinski definition) is 1. The molecule has 0 saturated carbocycles. The number of anilines is 2. The van der Waals surface area contributed by atoms with Gasteiger partial charge in [0.2, 0.25) is 0 Å². The molecule has 6 nitrogen and oxygen atoms in total. The van der Waals surface area contributed by atoms with E-state index in [1.165, 1.54) is 0 Å². The minimum absolute atomic E-state index is 0.388. The van der Waals surface area contributed by atoms with E-state index in [0.717, 1.165) is 31.3 Å². The summed E-state index contributed by atoms with van der Waals surface area (Å²) in [4.78, 5) is 11.1. The molecule has 1 saturated heterocycles. The Hall–Kier alpha value is -1.40. The van der Waals surface area contributed by atoms with E-state index in [2.05, 4.69) is 20.2 Å². The molecule has 1 atom stereocenters. The normalized spacial score (nSPS) is 18.6. The molecule has 0 spiro atoms. The van der Waals surface area contributed by atoms with Gasteiger partial charge < -0.3 is 19.7 Å². The van der Waals surface area contributed by atoms with Crippen LogP contribution in [0.15, 0.2) is 6.07 Å². The average molecular weight is 266 g/mol. The molecule has 6 heteroatoms. The lowest BCUT2D eigenvalue weighted by atomic mass is 10.2. The first-order valence-electron chi connectivity index (χ1n) is 6.68. The fraction of sp³-hybridized carbons (Fsp3) is 0.692. The fourth-order valence-electron chi connectivity index (χ4n) is 2.06. The number of ether oxygens (including phenoxy) is 2. The first-order chi connectivity index (χ1) is 9.24. The molecule has 19 heavy (non-hydrogen) atoms. The van der Waals surface area contributed by atoms with E-state index >= 15 is 0 Å². The minimum Gasteiger partial charge on any atom is -0.379 e. The molecular weight excluding hydrogens is 244 g/mol. The van der Waals surface area contributed by atoms with Gasteiger partial charge in [-0.1, -0.05) is 0 Å². The van der Waals surface area contributed by atoms with Gasteiger partial charge >= 0.3 is 0 Å². The monoisotopic (exact) mass is 266 g/mol. The second-order valence-corrected chi connectivity index (χ2v) is 4.54. The summed E-state index contributed by atoms with van der Waals surface area (Å²) < 4.78 is 10.8. The smallest absolute Gasteiger partial charge is 0.158 e. The first kappa shape index (κ1) is 14.0. The summed E-state index contributed by atoms with van der Waals surface area (Å²) >= 11 is 0. The SMILES string of the molecule is CCOCc1nc(NC)cc(N(C)C2CCOC2)n1. The average Bonchev–Trinajstić information content (AvgIpc) is 2.98. The molecular formula is C13H22N4O2. The summed E-state index contributed by atoms with van der Waals surface area (Å²) in [6.45, 7) is 4.65. The van der Waals surface area contributed by atoms with Gasteiger partial charge in [0.1, 0.15) is 18.2 Å². The van der Waals surface area contributed by atoms with Gasteiger partial charge in [0.15, 0.2) is 5.82 Å². The van der Waals surface area contributed by atoms with Gasteiger partial charge in [-0.25, -0.2) is 9.97 Å². The Morgan fingerprint density at radius 3 is 3.00 bits per heavy atom. The molecule has 1 aliphatic heterocycles. The van der Waals surface area contributed by atoms with Crippen molar-refractivity contribution >= 4 is 11.6 Å². The molecule has 0 radical (unpaired) electrons. The van der Waals surface area contributed by atoms with E-state index in [-0.39, 0.29) is 0 Å². The van der Waals surface area contributed by atoms with Crippen LogP contribution in [0.3, 0.4) is 0 Å². The van der Waals surface area contributed by atoms with Gasteiger partial charge in [-0.05, 0) is 13.3 Å². The lowest BCUT2D eigenvalue weighted by Gasteiger charge is -2.25. The summed E-state index contributed by atoms with van der Waals surface area (Å²) in [5.74, 6) is 2.42. The largest absolute Gasteiger partial charge is 0.379 e. The van der Waals surface area contributed by atoms with Crippen LogP contribution in [0.25, 0.3) is 0 Å². The number of rotatable bonds is 6. The van der Waals surface area contributed by atoms with E-state index in [9.17, 15) is 0 Å². The molecule has 0 aromatic carbocycles. The first-order valence-corrected chi connectivity index (χ1v) is 6.68. The molecule has 1 fully saturated rings. The Labute approximate surface area is 114 Å². The lowest BCUT2D eigenvalue weighted by Crippen LogP contribution is -2.32. The Morgan fingerprint density at radius 1 is 1.53 bits per heavy atom. The van der Waals surface area contributed by atoms with Crippen molar-refractivity contribution in [1.82, 2.24) is 9.97 Å². The van der Waals surface area contributed by atoms with Crippen molar-refractivity contribution < 1.29 is 9.47 Å². The summed E-state index contributed by atoms with van der Waals surface area (Å²) in [5, 5.41) is 3.07. The van der Waals surface area contributed by atoms with Gasteiger partial charge in [-0.2, -0.15) is 0 Å². The van der Waals surface area contributed by atoms with Crippen LogP contribution in [-0.4, -0.2) is 49.9 Å². The second kappa shape index (κ2) is 6.68. The molecule has 1 aromatic heterocycles. The zero-order valence-corrected chi connectivity index (χ0v) is 11.8. The third kappa shape index (κ3) is 3.54. The number of likely N-dealkylation sites (N-methyl/N-ethyl adjacent to an activating group) is 1. The van der Waals surface area contributed by atoms with Gasteiger partial charge in [-0.15, -0.1) is 0 Å². The molecule has 0 aliphatic carbocycles. The van der Waals surface area contributed by atoms with Crippen LogP contribution in [0, 0.1) is 0 Å². The Balaban J connectivity index is 2.17. The summed E-state index contributed by atoms with van der Waals surface area (Å²) in [7, 11) is 3.90. The second-order valence-electron chi connectivity index (χ2n) is 4.54. The van der Waals surface area contributed by atoms with Crippen LogP contribution in [-0.2, 0) is 16.1 Å². The number of hydrogen-bond acceptors (Lipinski definition) is 6. The van der Waals surface area contributed by atoms with Gasteiger partial charge in [0.05, 0.1) is 12.6 Å². The summed E-state index contributed by atoms with van der Waals surface area (Å²) in [6.07, 6.45) is 1.04. The highest BCUT2D eigenvalue weighted by Crippen LogP contribution is 2.20. The maximum Gasteiger partial charge on any atom is 0.158 e. The standard InChI is InChI=1S/C13H22N4O2/c1-4-18-9-12-15-11(14-2)7-13(16-12)17(3)10-5-6-19-8-10/h7,10H,4-6,8-9H2,1-3H3,(H,14,15,16). The maximum absolute atomic E-state index is 5.43. The number of aromatic nitrogens is 2. The van der Waals surface area contributed by atoms with E-state index in [1.54, 1.807) is 0 Å². The van der Waals surface area contributed by atoms with Crippen molar-refractivity contribution in [3.05, 3.63) is 11.9 Å². The van der Waals surface area contributed by atoms with Gasteiger partial charge in [-0.3, -0.25) is 0 Å². The Kier molecular flexibility index (Phi) is 4.93. The quantitative estimate of drug-likeness (QED) is 0.837. The Bertz CT molecular complexity index is 408. The third-order valence-electron chi connectivity index (χ3n) is 3.27. The van der Waals surface area contributed by atoms with Crippen molar-refractivity contribution in [1.29, 1.82) is 0 Å². The van der Waals surface area contributed by atoms with Crippen molar-refractivity contribution in [3.63, 3.8) is 0 Å². The van der Waals surface area contributed by atoms with E-state index in [4.69, 9.17) is 9.47 Å². The van der Waals surface area contributed by atoms with E-state index in [1.807, 2.05) is 27.1 Å². The molecule has 1 unspecified atom stereocenters. The number of nitrogens with one attached hydrogen (secondary N) is 1. The molecule has 1 aliphatic rings. The molecule has 106 valence electrons. The van der Waals surface area contributed by atoms with Gasteiger partial charge in [0.25, 0.3) is 0 Å². The maximum atomic E-state index is 5.43. The van der Waals surface area contributed by atoms with Crippen molar-refractivity contribution in [3.8, 4) is 0 Å². The van der Waals surface area contributed by atoms with Crippen LogP contribution < -0.4 is 10.2 Å². The van der Waals surface area contributed by atoms with Crippen molar-refractivity contribution in [2.45, 2.75) is 26.0 Å². The summed E-state index contributed by atoms with van der Waals surface area (Å²) in [6, 6.07) is 2.34. The highest BCUT2D eigenvalue weighted by Gasteiger charge is 2.22. The number of nitrogens with zero attached hydrogens (tertiary/aromatic N) is 3. The minimum atomic E-state index is 0.388. The Morgan fingerprint density at radius 2 is 2.37 bits per heavy atom. The molecule has 1 aromatic rings. The summed E-state index contributed by atoms with van der Waals surface area (Å²) in [5.41, 5.74) is 0. The van der Waals surface area contributed by atoms with Crippen molar-refractivity contribution in [2.24, 2.45) is 0 Å². The fourth-order valence-corrected chi connectivity index (χ4v) is 2.06. The predicted octanol–water partition coefficient (Wildman–Crippen LogP) is 1.28. The van der Waals surface area contributed by atoms with Crippen LogP contribution in [0.4, 0.5) is 11.6 Å². The van der Waals surface area contributed by atoms with Crippen molar-refractivity contribution in [2.75, 3.05) is 44.1 Å². The molecule has 0 bridgehead atoms. The van der Waals surface area contributed by atoms with Crippen LogP contribution in [0.2, 0.25) is 0 Å². The van der Waals surface area contributed by atoms with Gasteiger partial charge in [0, 0.05) is 33.4 Å². The van der Waals surface area contributed by atoms with E-state index in [0.29, 0.717) is 25.1 Å². The van der Waals surface area contributed by atoms with Crippen LogP contribution in [0.5, 0.6) is 0 Å². The lowest BCUT2D eigenvalue weighted by molar-refractivity contribution is 0.128. The molecule has 2 rings (SSSR count). The highest BCUT2D eigenvalue weighted by molar-refractivity contribution is 5.49. The molecule has 2 heterocycles. The third-order valence-corrected chi connectivity index (χ3v) is 3.27. The van der Waals surface area contributed by atoms with E-state index < -0.39 is 0 Å². The van der Waals surface area contributed by atoms with Crippen LogP contribution >= 0.6 is 0 Å².